The number of amides is 1. The Bertz CT molecular complexity index is 1350. The minimum Gasteiger partial charge on any atom is -0.481 e. The lowest BCUT2D eigenvalue weighted by Crippen LogP contribution is -2.32. The summed E-state index contributed by atoms with van der Waals surface area (Å²) in [6.45, 7) is 1.30. The van der Waals surface area contributed by atoms with Gasteiger partial charge in [0.25, 0.3) is 0 Å². The molecule has 16 heteroatoms. The Balaban J connectivity index is 1.56. The summed E-state index contributed by atoms with van der Waals surface area (Å²) in [6.07, 6.45) is -15.1. The first kappa shape index (κ1) is 34.0. The normalized spacial score (nSPS) is 22.7. The van der Waals surface area contributed by atoms with E-state index in [9.17, 15) is 49.1 Å². The number of ether oxygens (including phenoxy) is 2. The van der Waals surface area contributed by atoms with Crippen LogP contribution in [0.1, 0.15) is 67.4 Å². The monoisotopic (exact) mass is 656 g/mol. The second-order valence-electron chi connectivity index (χ2n) is 11.2. The van der Waals surface area contributed by atoms with Gasteiger partial charge >= 0.3 is 30.8 Å². The predicted octanol–water partition coefficient (Wildman–Crippen LogP) is 8.40. The van der Waals surface area contributed by atoms with Crippen molar-refractivity contribution in [2.24, 2.45) is 11.8 Å². The first-order chi connectivity index (χ1) is 20.8. The first-order valence-corrected chi connectivity index (χ1v) is 13.9. The molecule has 1 saturated heterocycles. The Morgan fingerprint density at radius 1 is 0.933 bits per heavy atom. The zero-order chi connectivity index (χ0) is 33.3. The third-order valence-corrected chi connectivity index (χ3v) is 7.99. The largest absolute Gasteiger partial charge is 0.573 e. The minimum atomic E-state index is -5.13. The molecule has 1 aliphatic heterocycles. The van der Waals surface area contributed by atoms with Crippen LogP contribution in [-0.4, -0.2) is 41.0 Å². The number of halogens is 9. The summed E-state index contributed by atoms with van der Waals surface area (Å²) in [5, 5.41) is 12.2. The molecule has 248 valence electrons. The Kier molecular flexibility index (Phi) is 9.73. The van der Waals surface area contributed by atoms with E-state index >= 15 is 0 Å². The number of rotatable bonds is 9. The Hall–Kier alpha value is -3.85. The summed E-state index contributed by atoms with van der Waals surface area (Å²) in [7, 11) is 0. The molecular weight excluding hydrogens is 627 g/mol. The standard InChI is InChI=1S/C29H29F9N2O5/c1-15-25(18-9-20(27(30,31)32)12-21(10-18)28(33,34)35)44-26(43)40(15)14-19-11-22(45-29(36,37)38)6-7-23(19)39-13-17-4-2-16(3-5-17)8-24(41)42/h6-7,9-12,15-17,25,39H,2-5,8,13-14H2,1H3,(H,41,42)/t15-,16-,17-,25-/m0/s1. The zero-order valence-electron chi connectivity index (χ0n) is 23.7. The lowest BCUT2D eigenvalue weighted by Gasteiger charge is -2.29. The van der Waals surface area contributed by atoms with Gasteiger partial charge in [-0.1, -0.05) is 0 Å². The summed E-state index contributed by atoms with van der Waals surface area (Å²) in [6, 6.07) is 3.14. The maximum absolute atomic E-state index is 13.4. The lowest BCUT2D eigenvalue weighted by atomic mass is 9.80. The molecule has 0 radical (unpaired) electrons. The SMILES string of the molecule is C[C@H]1[C@@H](c2cc(C(F)(F)F)cc(C(F)(F)F)c2)OC(=O)N1Cc1cc(OC(F)(F)F)ccc1NC[C@H]1CC[C@H](CC(=O)O)CC1. The van der Waals surface area contributed by atoms with Crippen LogP contribution in [0, 0.1) is 11.8 Å². The molecule has 1 aliphatic carbocycles. The Morgan fingerprint density at radius 2 is 1.51 bits per heavy atom. The maximum Gasteiger partial charge on any atom is 0.573 e. The smallest absolute Gasteiger partial charge is 0.481 e. The molecule has 2 aliphatic rings. The second kappa shape index (κ2) is 12.9. The molecule has 1 saturated carbocycles. The number of carboxylic acid groups (broad SMARTS) is 1. The van der Waals surface area contributed by atoms with E-state index in [1.54, 1.807) is 0 Å². The van der Waals surface area contributed by atoms with Crippen molar-refractivity contribution in [2.45, 2.75) is 76.4 Å². The topological polar surface area (TPSA) is 88.1 Å². The molecule has 0 spiro atoms. The molecule has 45 heavy (non-hydrogen) atoms. The number of hydrogen-bond acceptors (Lipinski definition) is 5. The van der Waals surface area contributed by atoms with Crippen molar-refractivity contribution < 1.29 is 63.7 Å². The number of nitrogens with zero attached hydrogens (tertiary/aromatic N) is 1. The van der Waals surface area contributed by atoms with Crippen LogP contribution in [-0.2, 0) is 28.4 Å². The van der Waals surface area contributed by atoms with Gasteiger partial charge in [0.2, 0.25) is 0 Å². The van der Waals surface area contributed by atoms with Gasteiger partial charge < -0.3 is 19.9 Å². The van der Waals surface area contributed by atoms with Crippen LogP contribution in [0.2, 0.25) is 0 Å². The van der Waals surface area contributed by atoms with Crippen molar-refractivity contribution in [1.82, 2.24) is 4.90 Å². The van der Waals surface area contributed by atoms with Crippen LogP contribution in [0.25, 0.3) is 0 Å². The molecule has 0 aromatic heterocycles. The maximum atomic E-state index is 13.4. The fourth-order valence-electron chi connectivity index (χ4n) is 5.70. The number of carboxylic acids is 1. The third kappa shape index (κ3) is 8.87. The molecule has 0 bridgehead atoms. The number of anilines is 1. The first-order valence-electron chi connectivity index (χ1n) is 13.9. The van der Waals surface area contributed by atoms with Crippen LogP contribution in [0.4, 0.5) is 50.0 Å². The van der Waals surface area contributed by atoms with Gasteiger partial charge in [-0.3, -0.25) is 9.69 Å². The van der Waals surface area contributed by atoms with Crippen LogP contribution >= 0.6 is 0 Å². The highest BCUT2D eigenvalue weighted by Crippen LogP contribution is 2.42. The van der Waals surface area contributed by atoms with Crippen molar-refractivity contribution in [3.8, 4) is 5.75 Å². The van der Waals surface area contributed by atoms with Gasteiger partial charge in [0.05, 0.1) is 23.7 Å². The van der Waals surface area contributed by atoms with Gasteiger partial charge in [0, 0.05) is 18.7 Å². The number of cyclic esters (lactones) is 1. The summed E-state index contributed by atoms with van der Waals surface area (Å²) in [4.78, 5) is 24.8. The van der Waals surface area contributed by atoms with Crippen LogP contribution in [0.15, 0.2) is 36.4 Å². The highest BCUT2D eigenvalue weighted by Gasteiger charge is 2.43. The van der Waals surface area contributed by atoms with E-state index in [0.29, 0.717) is 50.0 Å². The fourth-order valence-corrected chi connectivity index (χ4v) is 5.70. The number of carbonyl (C=O) groups is 2. The van der Waals surface area contributed by atoms with E-state index in [0.717, 1.165) is 17.0 Å². The summed E-state index contributed by atoms with van der Waals surface area (Å²) in [5.41, 5.74) is -3.28. The number of carbonyl (C=O) groups excluding carboxylic acids is 1. The molecule has 2 N–H and O–H groups in total. The van der Waals surface area contributed by atoms with Gasteiger partial charge in [-0.05, 0) is 92.0 Å². The summed E-state index contributed by atoms with van der Waals surface area (Å²) in [5.74, 6) is -1.32. The van der Waals surface area contributed by atoms with Crippen LogP contribution in [0.3, 0.4) is 0 Å². The average Bonchev–Trinajstić information content (AvgIpc) is 3.19. The van der Waals surface area contributed by atoms with E-state index < -0.39 is 71.9 Å². The molecule has 2 aromatic rings. The number of alkyl halides is 9. The van der Waals surface area contributed by atoms with Crippen molar-refractivity contribution in [1.29, 1.82) is 0 Å². The molecule has 2 atom stereocenters. The van der Waals surface area contributed by atoms with Gasteiger partial charge in [0.15, 0.2) is 0 Å². The molecule has 1 amide bonds. The van der Waals surface area contributed by atoms with Crippen molar-refractivity contribution >= 4 is 17.7 Å². The third-order valence-electron chi connectivity index (χ3n) is 7.99. The molecule has 1 heterocycles. The Labute approximate surface area is 251 Å². The molecular formula is C29H29F9N2O5. The van der Waals surface area contributed by atoms with Gasteiger partial charge in [-0.25, -0.2) is 4.79 Å². The second-order valence-corrected chi connectivity index (χ2v) is 11.2. The number of nitrogens with one attached hydrogen (secondary N) is 1. The van der Waals surface area contributed by atoms with Gasteiger partial charge in [0.1, 0.15) is 11.9 Å². The van der Waals surface area contributed by atoms with Gasteiger partial charge in [-0.15, -0.1) is 13.2 Å². The van der Waals surface area contributed by atoms with E-state index in [4.69, 9.17) is 9.84 Å². The van der Waals surface area contributed by atoms with E-state index in [1.807, 2.05) is 0 Å². The molecule has 7 nitrogen and oxygen atoms in total. The van der Waals surface area contributed by atoms with Crippen LogP contribution < -0.4 is 10.1 Å². The number of benzene rings is 2. The lowest BCUT2D eigenvalue weighted by molar-refractivity contribution is -0.274. The van der Waals surface area contributed by atoms with E-state index in [1.165, 1.54) is 13.0 Å². The highest BCUT2D eigenvalue weighted by atomic mass is 19.4. The van der Waals surface area contributed by atoms with E-state index in [2.05, 4.69) is 10.1 Å². The Morgan fingerprint density at radius 3 is 2.04 bits per heavy atom. The number of aliphatic carboxylic acids is 1. The minimum absolute atomic E-state index is 0.0489. The predicted molar refractivity (Wildman–Crippen MR) is 140 cm³/mol. The van der Waals surface area contributed by atoms with Crippen molar-refractivity contribution in [2.75, 3.05) is 11.9 Å². The number of hydrogen-bond donors (Lipinski definition) is 2. The quantitative estimate of drug-likeness (QED) is 0.264. The van der Waals surface area contributed by atoms with Crippen molar-refractivity contribution in [3.05, 3.63) is 58.7 Å². The molecule has 2 fully saturated rings. The average molecular weight is 657 g/mol. The summed E-state index contributed by atoms with van der Waals surface area (Å²) >= 11 is 0. The fraction of sp³-hybridized carbons (Fsp3) is 0.517. The zero-order valence-corrected chi connectivity index (χ0v) is 23.7. The van der Waals surface area contributed by atoms with Crippen LogP contribution in [0.5, 0.6) is 5.75 Å². The molecule has 4 rings (SSSR count). The summed E-state index contributed by atoms with van der Waals surface area (Å²) < 4.78 is 129. The van der Waals surface area contributed by atoms with Crippen molar-refractivity contribution in [3.63, 3.8) is 0 Å². The molecule has 0 unspecified atom stereocenters. The van der Waals surface area contributed by atoms with E-state index in [-0.39, 0.29) is 29.9 Å². The molecule has 2 aromatic carbocycles. The highest BCUT2D eigenvalue weighted by molar-refractivity contribution is 5.72. The van der Waals surface area contributed by atoms with Gasteiger partial charge in [-0.2, -0.15) is 26.3 Å².